The van der Waals surface area contributed by atoms with Crippen LogP contribution in [0.2, 0.25) is 0 Å². The van der Waals surface area contributed by atoms with Crippen LogP contribution in [0.15, 0.2) is 41.3 Å². The van der Waals surface area contributed by atoms with Crippen LogP contribution >= 0.6 is 0 Å². The van der Waals surface area contributed by atoms with Crippen molar-refractivity contribution in [3.8, 4) is 0 Å². The third-order valence-corrected chi connectivity index (χ3v) is 4.34. The Morgan fingerprint density at radius 2 is 1.60 bits per heavy atom. The topological polar surface area (TPSA) is 60.2 Å². The SMILES string of the molecule is Nc1ccc(CS(=O)(=O)c2ccc(F)c(F)c2)c(F)c1. The summed E-state index contributed by atoms with van der Waals surface area (Å²) in [5.74, 6) is -3.85. The first-order valence-corrected chi connectivity index (χ1v) is 7.16. The smallest absolute Gasteiger partial charge is 0.182 e. The van der Waals surface area contributed by atoms with Crippen molar-refractivity contribution in [2.45, 2.75) is 10.6 Å². The van der Waals surface area contributed by atoms with E-state index in [2.05, 4.69) is 0 Å². The van der Waals surface area contributed by atoms with E-state index in [1.54, 1.807) is 0 Å². The molecule has 0 aliphatic carbocycles. The molecule has 0 unspecified atom stereocenters. The van der Waals surface area contributed by atoms with Gasteiger partial charge in [0.1, 0.15) is 5.82 Å². The Balaban J connectivity index is 2.38. The normalized spacial score (nSPS) is 11.6. The monoisotopic (exact) mass is 301 g/mol. The Bertz CT molecular complexity index is 760. The van der Waals surface area contributed by atoms with Crippen LogP contribution < -0.4 is 5.73 Å². The van der Waals surface area contributed by atoms with Gasteiger partial charge in [0.2, 0.25) is 0 Å². The summed E-state index contributed by atoms with van der Waals surface area (Å²) in [5, 5.41) is 0. The average Bonchev–Trinajstić information content (AvgIpc) is 2.36. The van der Waals surface area contributed by atoms with Gasteiger partial charge in [-0.3, -0.25) is 0 Å². The van der Waals surface area contributed by atoms with Gasteiger partial charge in [0, 0.05) is 11.3 Å². The van der Waals surface area contributed by atoms with Crippen LogP contribution in [0, 0.1) is 17.5 Å². The van der Waals surface area contributed by atoms with Gasteiger partial charge >= 0.3 is 0 Å². The van der Waals surface area contributed by atoms with Crippen molar-refractivity contribution in [2.75, 3.05) is 5.73 Å². The predicted molar refractivity (Wildman–Crippen MR) is 68.1 cm³/mol. The molecule has 2 N–H and O–H groups in total. The molecule has 2 aromatic carbocycles. The fourth-order valence-electron chi connectivity index (χ4n) is 1.64. The third kappa shape index (κ3) is 2.93. The lowest BCUT2D eigenvalue weighted by Gasteiger charge is -2.07. The maximum Gasteiger partial charge on any atom is 0.182 e. The largest absolute Gasteiger partial charge is 0.399 e. The van der Waals surface area contributed by atoms with Crippen molar-refractivity contribution >= 4 is 15.5 Å². The highest BCUT2D eigenvalue weighted by atomic mass is 32.2. The number of nitrogen functional groups attached to an aromatic ring is 1. The van der Waals surface area contributed by atoms with Crippen LogP contribution in [0.4, 0.5) is 18.9 Å². The minimum Gasteiger partial charge on any atom is -0.399 e. The lowest BCUT2D eigenvalue weighted by molar-refractivity contribution is 0.504. The van der Waals surface area contributed by atoms with E-state index in [1.165, 1.54) is 12.1 Å². The number of nitrogens with two attached hydrogens (primary N) is 1. The molecule has 0 radical (unpaired) electrons. The molecule has 20 heavy (non-hydrogen) atoms. The van der Waals surface area contributed by atoms with Gasteiger partial charge in [0.25, 0.3) is 0 Å². The van der Waals surface area contributed by atoms with E-state index in [9.17, 15) is 21.6 Å². The van der Waals surface area contributed by atoms with Crippen LogP contribution in [-0.2, 0) is 15.6 Å². The molecule has 7 heteroatoms. The first kappa shape index (κ1) is 14.4. The molecule has 0 aliphatic heterocycles. The first-order chi connectivity index (χ1) is 9.29. The van der Waals surface area contributed by atoms with Crippen molar-refractivity contribution in [1.29, 1.82) is 0 Å². The van der Waals surface area contributed by atoms with E-state index < -0.39 is 37.9 Å². The third-order valence-electron chi connectivity index (χ3n) is 2.67. The molecule has 0 spiro atoms. The second kappa shape index (κ2) is 5.16. The number of sulfone groups is 1. The molecule has 0 heterocycles. The van der Waals surface area contributed by atoms with Gasteiger partial charge in [-0.2, -0.15) is 0 Å². The van der Waals surface area contributed by atoms with Gasteiger partial charge in [-0.25, -0.2) is 21.6 Å². The Labute approximate surface area is 113 Å². The Morgan fingerprint density at radius 3 is 2.20 bits per heavy atom. The summed E-state index contributed by atoms with van der Waals surface area (Å²) in [7, 11) is -3.98. The zero-order valence-corrected chi connectivity index (χ0v) is 10.9. The van der Waals surface area contributed by atoms with E-state index in [0.717, 1.165) is 12.1 Å². The van der Waals surface area contributed by atoms with E-state index in [4.69, 9.17) is 5.73 Å². The van der Waals surface area contributed by atoms with Gasteiger partial charge in [-0.05, 0) is 30.3 Å². The number of rotatable bonds is 3. The fourth-order valence-corrected chi connectivity index (χ4v) is 3.01. The number of hydrogen-bond donors (Lipinski definition) is 1. The Hall–Kier alpha value is -2.02. The summed E-state index contributed by atoms with van der Waals surface area (Å²) in [6.45, 7) is 0. The maximum absolute atomic E-state index is 13.6. The number of hydrogen-bond acceptors (Lipinski definition) is 3. The Kier molecular flexibility index (Phi) is 3.71. The van der Waals surface area contributed by atoms with Crippen LogP contribution in [0.5, 0.6) is 0 Å². The molecule has 0 saturated heterocycles. The molecule has 0 aliphatic rings. The highest BCUT2D eigenvalue weighted by molar-refractivity contribution is 7.90. The molecule has 3 nitrogen and oxygen atoms in total. The predicted octanol–water partition coefficient (Wildman–Crippen LogP) is 2.66. The highest BCUT2D eigenvalue weighted by Crippen LogP contribution is 2.21. The van der Waals surface area contributed by atoms with Crippen molar-refractivity contribution in [1.82, 2.24) is 0 Å². The average molecular weight is 301 g/mol. The molecule has 0 aromatic heterocycles. The van der Waals surface area contributed by atoms with Gasteiger partial charge < -0.3 is 5.73 Å². The lowest BCUT2D eigenvalue weighted by Crippen LogP contribution is -2.07. The molecular formula is C13H10F3NO2S. The zero-order valence-electron chi connectivity index (χ0n) is 10.1. The molecule has 0 bridgehead atoms. The van der Waals surface area contributed by atoms with Crippen molar-refractivity contribution in [3.63, 3.8) is 0 Å². The molecule has 2 aromatic rings. The van der Waals surface area contributed by atoms with Crippen LogP contribution in [-0.4, -0.2) is 8.42 Å². The van der Waals surface area contributed by atoms with Crippen molar-refractivity contribution in [3.05, 3.63) is 59.4 Å². The summed E-state index contributed by atoms with van der Waals surface area (Å²) in [6.07, 6.45) is 0. The summed E-state index contributed by atoms with van der Waals surface area (Å²) in [6, 6.07) is 5.81. The number of halogens is 3. The summed E-state index contributed by atoms with van der Waals surface area (Å²) in [4.78, 5) is -0.410. The van der Waals surface area contributed by atoms with Gasteiger partial charge in [-0.1, -0.05) is 6.07 Å². The molecule has 0 fully saturated rings. The number of benzene rings is 2. The maximum atomic E-state index is 13.6. The molecule has 0 amide bonds. The van der Waals surface area contributed by atoms with Crippen molar-refractivity contribution in [2.24, 2.45) is 0 Å². The minimum absolute atomic E-state index is 0.0936. The van der Waals surface area contributed by atoms with E-state index in [-0.39, 0.29) is 11.3 Å². The standard InChI is InChI=1S/C13H10F3NO2S/c14-11-4-3-10(6-13(11)16)20(18,19)7-8-1-2-9(17)5-12(8)15/h1-6H,7,17H2. The van der Waals surface area contributed by atoms with E-state index in [0.29, 0.717) is 12.1 Å². The summed E-state index contributed by atoms with van der Waals surface area (Å²) < 4.78 is 63.4. The first-order valence-electron chi connectivity index (χ1n) is 5.51. The van der Waals surface area contributed by atoms with Gasteiger partial charge in [0.05, 0.1) is 10.6 Å². The quantitative estimate of drug-likeness (QED) is 0.700. The van der Waals surface area contributed by atoms with Crippen LogP contribution in [0.1, 0.15) is 5.56 Å². The summed E-state index contributed by atoms with van der Waals surface area (Å²) >= 11 is 0. The number of anilines is 1. The Morgan fingerprint density at radius 1 is 0.900 bits per heavy atom. The molecule has 106 valence electrons. The van der Waals surface area contributed by atoms with Crippen LogP contribution in [0.25, 0.3) is 0 Å². The fraction of sp³-hybridized carbons (Fsp3) is 0.0769. The van der Waals surface area contributed by atoms with E-state index >= 15 is 0 Å². The van der Waals surface area contributed by atoms with Crippen molar-refractivity contribution < 1.29 is 21.6 Å². The molecule has 0 atom stereocenters. The van der Waals surface area contributed by atoms with Crippen LogP contribution in [0.3, 0.4) is 0 Å². The van der Waals surface area contributed by atoms with E-state index in [1.807, 2.05) is 0 Å². The van der Waals surface area contributed by atoms with Gasteiger partial charge in [0.15, 0.2) is 21.5 Å². The second-order valence-corrected chi connectivity index (χ2v) is 6.18. The van der Waals surface area contributed by atoms with Gasteiger partial charge in [-0.15, -0.1) is 0 Å². The summed E-state index contributed by atoms with van der Waals surface area (Å²) in [5.41, 5.74) is 5.43. The highest BCUT2D eigenvalue weighted by Gasteiger charge is 2.19. The molecule has 2 rings (SSSR count). The lowest BCUT2D eigenvalue weighted by atomic mass is 10.2. The zero-order chi connectivity index (χ0) is 14.9. The molecular weight excluding hydrogens is 291 g/mol. The second-order valence-electron chi connectivity index (χ2n) is 4.19. The molecule has 0 saturated carbocycles. The minimum atomic E-state index is -3.98.